The molecule has 0 radical (unpaired) electrons. The molecule has 19 heavy (non-hydrogen) atoms. The Hall–Kier alpha value is -2.50. The topological polar surface area (TPSA) is 81.8 Å². The molecule has 100 valence electrons. The highest BCUT2D eigenvalue weighted by molar-refractivity contribution is 5.86. The normalized spacial score (nSPS) is 10.2. The quantitative estimate of drug-likeness (QED) is 0.861. The van der Waals surface area contributed by atoms with Gasteiger partial charge in [-0.05, 0) is 19.1 Å². The molecule has 2 aromatic rings. The van der Waals surface area contributed by atoms with E-state index in [1.54, 1.807) is 18.2 Å². The lowest BCUT2D eigenvalue weighted by Gasteiger charge is -2.07. The summed E-state index contributed by atoms with van der Waals surface area (Å²) in [6, 6.07) is 7.08. The van der Waals surface area contributed by atoms with Gasteiger partial charge in [0.05, 0.1) is 6.61 Å². The molecule has 0 aliphatic rings. The molecule has 0 saturated carbocycles. The van der Waals surface area contributed by atoms with Crippen molar-refractivity contribution in [3.8, 4) is 11.5 Å². The molecule has 0 spiro atoms. The number of nitrogens with zero attached hydrogens (tertiary/aromatic N) is 1. The fourth-order valence-electron chi connectivity index (χ4n) is 1.52. The van der Waals surface area contributed by atoms with E-state index in [9.17, 15) is 4.79 Å². The third-order valence-electron chi connectivity index (χ3n) is 2.33. The first kappa shape index (κ1) is 12.9. The zero-order chi connectivity index (χ0) is 13.7. The molecule has 1 N–H and O–H groups in total. The van der Waals surface area contributed by atoms with Gasteiger partial charge in [-0.25, -0.2) is 9.78 Å². The first-order chi connectivity index (χ1) is 9.20. The number of ether oxygens (including phenoxy) is 2. The van der Waals surface area contributed by atoms with Crippen LogP contribution in [0, 0.1) is 0 Å². The van der Waals surface area contributed by atoms with Crippen LogP contribution in [0.5, 0.6) is 11.5 Å². The number of oxazole rings is 1. The average Bonchev–Trinajstić information content (AvgIpc) is 2.86. The van der Waals surface area contributed by atoms with Gasteiger partial charge >= 0.3 is 5.97 Å². The summed E-state index contributed by atoms with van der Waals surface area (Å²) in [4.78, 5) is 14.4. The largest absolute Gasteiger partial charge is 0.494 e. The molecule has 0 aliphatic carbocycles. The lowest BCUT2D eigenvalue weighted by molar-refractivity contribution is 0.0686. The maximum atomic E-state index is 10.8. The summed E-state index contributed by atoms with van der Waals surface area (Å²) in [7, 11) is 0. The zero-order valence-corrected chi connectivity index (χ0v) is 10.3. The van der Waals surface area contributed by atoms with Crippen molar-refractivity contribution in [1.29, 1.82) is 0 Å². The van der Waals surface area contributed by atoms with E-state index >= 15 is 0 Å². The monoisotopic (exact) mass is 263 g/mol. The molecule has 6 nitrogen and oxygen atoms in total. The number of hydrogen-bond acceptors (Lipinski definition) is 5. The highest BCUT2D eigenvalue weighted by atomic mass is 16.5. The first-order valence-electron chi connectivity index (χ1n) is 5.72. The van der Waals surface area contributed by atoms with Gasteiger partial charge in [0.1, 0.15) is 18.1 Å². The van der Waals surface area contributed by atoms with Crippen LogP contribution in [-0.4, -0.2) is 22.7 Å². The van der Waals surface area contributed by atoms with Crippen molar-refractivity contribution in [3.05, 3.63) is 42.1 Å². The number of carbonyl (C=O) groups is 1. The van der Waals surface area contributed by atoms with Crippen molar-refractivity contribution in [1.82, 2.24) is 4.98 Å². The summed E-state index contributed by atoms with van der Waals surface area (Å²) in [5.74, 6) is 0.291. The summed E-state index contributed by atoms with van der Waals surface area (Å²) < 4.78 is 15.8. The second kappa shape index (κ2) is 5.90. The van der Waals surface area contributed by atoms with Crippen molar-refractivity contribution in [2.45, 2.75) is 13.5 Å². The summed E-state index contributed by atoms with van der Waals surface area (Å²) in [5.41, 5.74) is -0.138. The molecule has 6 heteroatoms. The molecule has 1 heterocycles. The second-order valence-electron chi connectivity index (χ2n) is 3.63. The van der Waals surface area contributed by atoms with Crippen LogP contribution in [0.3, 0.4) is 0 Å². The molecule has 0 bridgehead atoms. The Bertz CT molecular complexity index is 564. The molecule has 0 amide bonds. The van der Waals surface area contributed by atoms with Gasteiger partial charge in [0.2, 0.25) is 0 Å². The van der Waals surface area contributed by atoms with Crippen molar-refractivity contribution in [3.63, 3.8) is 0 Å². The van der Waals surface area contributed by atoms with Crippen LogP contribution in [0.2, 0.25) is 0 Å². The Labute approximate surface area is 109 Å². The Morgan fingerprint density at radius 1 is 1.37 bits per heavy atom. The summed E-state index contributed by atoms with van der Waals surface area (Å²) >= 11 is 0. The average molecular weight is 263 g/mol. The van der Waals surface area contributed by atoms with Crippen molar-refractivity contribution >= 4 is 5.97 Å². The van der Waals surface area contributed by atoms with E-state index in [0.29, 0.717) is 18.1 Å². The molecule has 0 aliphatic heterocycles. The van der Waals surface area contributed by atoms with E-state index in [0.717, 1.165) is 6.39 Å². The Morgan fingerprint density at radius 3 is 2.79 bits per heavy atom. The van der Waals surface area contributed by atoms with Gasteiger partial charge in [-0.2, -0.15) is 0 Å². The number of aromatic nitrogens is 1. The van der Waals surface area contributed by atoms with Gasteiger partial charge < -0.3 is 19.0 Å². The minimum absolute atomic E-state index is 0.00277. The minimum Gasteiger partial charge on any atom is -0.494 e. The van der Waals surface area contributed by atoms with E-state index in [1.165, 1.54) is 0 Å². The third kappa shape index (κ3) is 3.25. The van der Waals surface area contributed by atoms with Gasteiger partial charge in [0.25, 0.3) is 0 Å². The van der Waals surface area contributed by atoms with Crippen LogP contribution < -0.4 is 9.47 Å². The van der Waals surface area contributed by atoms with Gasteiger partial charge in [-0.3, -0.25) is 0 Å². The lowest BCUT2D eigenvalue weighted by atomic mass is 10.3. The molecule has 1 aromatic carbocycles. The predicted molar refractivity (Wildman–Crippen MR) is 65.4 cm³/mol. The van der Waals surface area contributed by atoms with Gasteiger partial charge in [-0.1, -0.05) is 6.07 Å². The number of carboxylic acids is 1. The van der Waals surface area contributed by atoms with Crippen molar-refractivity contribution in [2.24, 2.45) is 0 Å². The molecular formula is C13H13NO5. The summed E-state index contributed by atoms with van der Waals surface area (Å²) in [5, 5.41) is 8.87. The van der Waals surface area contributed by atoms with Gasteiger partial charge in [0, 0.05) is 6.07 Å². The standard InChI is InChI=1S/C13H13NO5/c1-2-17-9-4-3-5-10(6-9)18-7-11-12(13(15)16)14-8-19-11/h3-6,8H,2,7H2,1H3,(H,15,16). The molecule has 1 aromatic heterocycles. The predicted octanol–water partition coefficient (Wildman–Crippen LogP) is 2.35. The third-order valence-corrected chi connectivity index (χ3v) is 2.33. The molecule has 2 rings (SSSR count). The fourth-order valence-corrected chi connectivity index (χ4v) is 1.52. The number of hydrogen-bond donors (Lipinski definition) is 1. The zero-order valence-electron chi connectivity index (χ0n) is 10.3. The van der Waals surface area contributed by atoms with Gasteiger partial charge in [-0.15, -0.1) is 0 Å². The Balaban J connectivity index is 2.04. The van der Waals surface area contributed by atoms with Crippen LogP contribution in [0.15, 0.2) is 35.1 Å². The minimum atomic E-state index is -1.14. The van der Waals surface area contributed by atoms with Crippen LogP contribution in [0.25, 0.3) is 0 Å². The molecule has 0 unspecified atom stereocenters. The van der Waals surface area contributed by atoms with Crippen LogP contribution in [0.1, 0.15) is 23.2 Å². The smallest absolute Gasteiger partial charge is 0.358 e. The number of carboxylic acid groups (broad SMARTS) is 1. The molecule has 0 atom stereocenters. The summed E-state index contributed by atoms with van der Waals surface area (Å²) in [6.45, 7) is 2.45. The van der Waals surface area contributed by atoms with E-state index in [1.807, 2.05) is 13.0 Å². The Morgan fingerprint density at radius 2 is 2.11 bits per heavy atom. The van der Waals surface area contributed by atoms with Gasteiger partial charge in [0.15, 0.2) is 17.8 Å². The van der Waals surface area contributed by atoms with E-state index < -0.39 is 5.97 Å². The number of benzene rings is 1. The SMILES string of the molecule is CCOc1cccc(OCc2ocnc2C(=O)O)c1. The maximum Gasteiger partial charge on any atom is 0.358 e. The van der Waals surface area contributed by atoms with Crippen LogP contribution in [-0.2, 0) is 6.61 Å². The number of rotatable bonds is 6. The first-order valence-corrected chi connectivity index (χ1v) is 5.72. The fraction of sp³-hybridized carbons (Fsp3) is 0.231. The highest BCUT2D eigenvalue weighted by Crippen LogP contribution is 2.21. The van der Waals surface area contributed by atoms with E-state index in [-0.39, 0.29) is 18.1 Å². The maximum absolute atomic E-state index is 10.8. The Kier molecular flexibility index (Phi) is 4.02. The second-order valence-corrected chi connectivity index (χ2v) is 3.63. The molecule has 0 fully saturated rings. The van der Waals surface area contributed by atoms with Crippen molar-refractivity contribution in [2.75, 3.05) is 6.61 Å². The van der Waals surface area contributed by atoms with E-state index in [4.69, 9.17) is 19.0 Å². The molecule has 0 saturated heterocycles. The van der Waals surface area contributed by atoms with E-state index in [2.05, 4.69) is 4.98 Å². The van der Waals surface area contributed by atoms with Crippen LogP contribution >= 0.6 is 0 Å². The van der Waals surface area contributed by atoms with Crippen molar-refractivity contribution < 1.29 is 23.8 Å². The highest BCUT2D eigenvalue weighted by Gasteiger charge is 2.15. The lowest BCUT2D eigenvalue weighted by Crippen LogP contribution is -2.04. The number of aromatic carboxylic acids is 1. The van der Waals surface area contributed by atoms with Crippen LogP contribution in [0.4, 0.5) is 0 Å². The summed E-state index contributed by atoms with van der Waals surface area (Å²) in [6.07, 6.45) is 1.08. The molecular weight excluding hydrogens is 250 g/mol.